The number of ether oxygens (including phenoxy) is 1. The van der Waals surface area contributed by atoms with Gasteiger partial charge in [-0.1, -0.05) is 29.8 Å². The maximum absolute atomic E-state index is 14.9. The van der Waals surface area contributed by atoms with Crippen LogP contribution >= 0.6 is 11.6 Å². The molecule has 4 rings (SSSR count). The van der Waals surface area contributed by atoms with Crippen molar-refractivity contribution in [2.45, 2.75) is 6.18 Å². The minimum atomic E-state index is -4.88. The number of rotatable bonds is 4. The molecule has 1 aromatic heterocycles. The Labute approximate surface area is 193 Å². The molecule has 0 spiro atoms. The van der Waals surface area contributed by atoms with Crippen LogP contribution in [0.5, 0.6) is 5.75 Å². The molecule has 0 bridgehead atoms. The highest BCUT2D eigenvalue weighted by molar-refractivity contribution is 6.34. The van der Waals surface area contributed by atoms with Crippen molar-refractivity contribution in [1.29, 1.82) is 0 Å². The van der Waals surface area contributed by atoms with Gasteiger partial charge in [0.15, 0.2) is 0 Å². The van der Waals surface area contributed by atoms with Crippen LogP contribution in [0.25, 0.3) is 22.2 Å². The van der Waals surface area contributed by atoms with Crippen LogP contribution in [0.15, 0.2) is 54.6 Å². The monoisotopic (exact) mass is 492 g/mol. The van der Waals surface area contributed by atoms with Crippen LogP contribution in [-0.4, -0.2) is 33.9 Å². The number of alkyl halides is 3. The van der Waals surface area contributed by atoms with Gasteiger partial charge in [-0.25, -0.2) is 9.18 Å². The number of hydrogen-bond donors (Lipinski definition) is 1. The van der Waals surface area contributed by atoms with Crippen LogP contribution in [0.2, 0.25) is 5.02 Å². The molecule has 4 aromatic rings. The lowest BCUT2D eigenvalue weighted by Crippen LogP contribution is -2.20. The van der Waals surface area contributed by atoms with E-state index in [1.807, 2.05) is 0 Å². The summed E-state index contributed by atoms with van der Waals surface area (Å²) in [6.45, 7) is 0. The number of fused-ring (bicyclic) bond motifs is 1. The molecule has 0 saturated carbocycles. The Morgan fingerprint density at radius 2 is 1.79 bits per heavy atom. The summed E-state index contributed by atoms with van der Waals surface area (Å²) in [7, 11) is 1.24. The van der Waals surface area contributed by atoms with Gasteiger partial charge in [-0.15, -0.1) is 0 Å². The lowest BCUT2D eigenvalue weighted by Gasteiger charge is -2.13. The molecule has 174 valence electrons. The van der Waals surface area contributed by atoms with E-state index < -0.39 is 40.0 Å². The highest BCUT2D eigenvalue weighted by Crippen LogP contribution is 2.37. The Hall–Kier alpha value is -3.92. The average molecular weight is 493 g/mol. The van der Waals surface area contributed by atoms with Crippen molar-refractivity contribution in [2.24, 2.45) is 0 Å². The molecule has 0 aliphatic carbocycles. The second-order valence-corrected chi connectivity index (χ2v) is 7.49. The maximum atomic E-state index is 14.9. The van der Waals surface area contributed by atoms with Crippen LogP contribution in [0.1, 0.15) is 26.3 Å². The van der Waals surface area contributed by atoms with Crippen LogP contribution in [0.3, 0.4) is 0 Å². The predicted molar refractivity (Wildman–Crippen MR) is 115 cm³/mol. The molecule has 1 N–H and O–H groups in total. The number of hydrogen-bond acceptors (Lipinski definition) is 4. The molecule has 0 aliphatic heterocycles. The SMILES string of the molecule is COc1cc(-c2nn(C(=O)c3c(Cl)cccc3C(F)(F)F)c3cccc(F)c23)ccc1C(=O)O. The zero-order chi connectivity index (χ0) is 24.8. The van der Waals surface area contributed by atoms with Crippen LogP contribution in [0, 0.1) is 5.82 Å². The van der Waals surface area contributed by atoms with Crippen LogP contribution in [-0.2, 0) is 6.18 Å². The summed E-state index contributed by atoms with van der Waals surface area (Å²) in [6.07, 6.45) is -4.88. The first-order valence-corrected chi connectivity index (χ1v) is 9.91. The van der Waals surface area contributed by atoms with E-state index in [0.29, 0.717) is 10.7 Å². The Morgan fingerprint density at radius 1 is 1.09 bits per heavy atom. The number of methoxy groups -OCH3 is 1. The van der Waals surface area contributed by atoms with Crippen molar-refractivity contribution >= 4 is 34.4 Å². The lowest BCUT2D eigenvalue weighted by molar-refractivity contribution is -0.137. The van der Waals surface area contributed by atoms with E-state index in [2.05, 4.69) is 5.10 Å². The third kappa shape index (κ3) is 3.86. The predicted octanol–water partition coefficient (Wildman–Crippen LogP) is 5.91. The molecule has 0 fully saturated rings. The minimum absolute atomic E-state index is 0.0548. The second kappa shape index (κ2) is 8.45. The molecule has 0 saturated heterocycles. The van der Waals surface area contributed by atoms with E-state index in [4.69, 9.17) is 16.3 Å². The molecule has 1 heterocycles. The Balaban J connectivity index is 1.99. The Kier molecular flexibility index (Phi) is 5.78. The van der Waals surface area contributed by atoms with E-state index in [-0.39, 0.29) is 33.5 Å². The number of halogens is 5. The first-order chi connectivity index (χ1) is 16.0. The van der Waals surface area contributed by atoms with Gasteiger partial charge in [-0.05, 0) is 36.4 Å². The van der Waals surface area contributed by atoms with Crippen molar-refractivity contribution < 1.29 is 37.0 Å². The fraction of sp³-hybridized carbons (Fsp3) is 0.0870. The number of benzene rings is 3. The largest absolute Gasteiger partial charge is 0.496 e. The minimum Gasteiger partial charge on any atom is -0.496 e. The number of carbonyl (C=O) groups is 2. The summed E-state index contributed by atoms with van der Waals surface area (Å²) in [5, 5.41) is 12.8. The molecule has 6 nitrogen and oxygen atoms in total. The van der Waals surface area contributed by atoms with Gasteiger partial charge in [-0.2, -0.15) is 23.0 Å². The summed E-state index contributed by atoms with van der Waals surface area (Å²) in [5.74, 6) is -3.32. The maximum Gasteiger partial charge on any atom is 0.417 e. The van der Waals surface area contributed by atoms with E-state index in [1.54, 1.807) is 0 Å². The topological polar surface area (TPSA) is 81.4 Å². The normalized spacial score (nSPS) is 11.6. The summed E-state index contributed by atoms with van der Waals surface area (Å²) >= 11 is 5.96. The first-order valence-electron chi connectivity index (χ1n) is 9.54. The number of carboxylic acids is 1. The van der Waals surface area contributed by atoms with Crippen LogP contribution < -0.4 is 4.74 Å². The van der Waals surface area contributed by atoms with Gasteiger partial charge in [0.25, 0.3) is 5.91 Å². The lowest BCUT2D eigenvalue weighted by atomic mass is 10.0. The van der Waals surface area contributed by atoms with Crippen molar-refractivity contribution in [3.63, 3.8) is 0 Å². The molecule has 3 aromatic carbocycles. The molecule has 0 amide bonds. The molecular formula is C23H13ClF4N2O4. The van der Waals surface area contributed by atoms with Crippen molar-refractivity contribution in [3.05, 3.63) is 82.1 Å². The fourth-order valence-electron chi connectivity index (χ4n) is 3.58. The molecule has 0 unspecified atom stereocenters. The third-order valence-electron chi connectivity index (χ3n) is 5.09. The summed E-state index contributed by atoms with van der Waals surface area (Å²) < 4.78 is 61.3. The van der Waals surface area contributed by atoms with E-state index >= 15 is 0 Å². The third-order valence-corrected chi connectivity index (χ3v) is 5.40. The Bertz CT molecular complexity index is 1460. The summed E-state index contributed by atoms with van der Waals surface area (Å²) in [6, 6.07) is 10.4. The standard InChI is InChI=1S/C23H13ClF4N2O4/c1-34-17-10-11(8-9-12(17)22(32)33)20-19-15(25)6-3-7-16(19)30(29-20)21(31)18-13(23(26,27)28)4-2-5-14(18)24/h2-10H,1H3,(H,32,33). The van der Waals surface area contributed by atoms with Crippen molar-refractivity contribution in [3.8, 4) is 17.0 Å². The number of aromatic carboxylic acids is 1. The van der Waals surface area contributed by atoms with Gasteiger partial charge in [0.05, 0.1) is 34.2 Å². The number of carboxylic acid groups (broad SMARTS) is 1. The molecule has 11 heteroatoms. The van der Waals surface area contributed by atoms with E-state index in [1.165, 1.54) is 37.4 Å². The fourth-order valence-corrected chi connectivity index (χ4v) is 3.84. The van der Waals surface area contributed by atoms with Gasteiger partial charge < -0.3 is 9.84 Å². The molecule has 34 heavy (non-hydrogen) atoms. The van der Waals surface area contributed by atoms with Gasteiger partial charge in [0, 0.05) is 5.56 Å². The molecular weight excluding hydrogens is 480 g/mol. The highest BCUT2D eigenvalue weighted by atomic mass is 35.5. The summed E-state index contributed by atoms with van der Waals surface area (Å²) in [5.41, 5.74) is -2.29. The average Bonchev–Trinajstić information content (AvgIpc) is 3.18. The van der Waals surface area contributed by atoms with Crippen molar-refractivity contribution in [2.75, 3.05) is 7.11 Å². The second-order valence-electron chi connectivity index (χ2n) is 7.08. The van der Waals surface area contributed by atoms with Gasteiger partial charge in [0.1, 0.15) is 22.8 Å². The smallest absolute Gasteiger partial charge is 0.417 e. The van der Waals surface area contributed by atoms with Gasteiger partial charge in [-0.3, -0.25) is 4.79 Å². The number of carbonyl (C=O) groups excluding carboxylic acids is 1. The van der Waals surface area contributed by atoms with Crippen molar-refractivity contribution in [1.82, 2.24) is 9.78 Å². The number of nitrogens with zero attached hydrogens (tertiary/aromatic N) is 2. The zero-order valence-electron chi connectivity index (χ0n) is 17.2. The molecule has 0 atom stereocenters. The summed E-state index contributed by atoms with van der Waals surface area (Å²) in [4.78, 5) is 24.6. The first kappa shape index (κ1) is 23.2. The van der Waals surface area contributed by atoms with Crippen LogP contribution in [0.4, 0.5) is 17.6 Å². The Morgan fingerprint density at radius 3 is 2.44 bits per heavy atom. The highest BCUT2D eigenvalue weighted by Gasteiger charge is 2.37. The zero-order valence-corrected chi connectivity index (χ0v) is 17.9. The van der Waals surface area contributed by atoms with E-state index in [0.717, 1.165) is 18.2 Å². The quantitative estimate of drug-likeness (QED) is 0.358. The molecule has 0 radical (unpaired) electrons. The number of aromatic nitrogens is 2. The molecule has 0 aliphatic rings. The van der Waals surface area contributed by atoms with E-state index in [9.17, 15) is 32.3 Å². The van der Waals surface area contributed by atoms with Gasteiger partial charge >= 0.3 is 12.1 Å². The van der Waals surface area contributed by atoms with Gasteiger partial charge in [0.2, 0.25) is 0 Å².